The zero-order valence-corrected chi connectivity index (χ0v) is 88.1. The molecule has 0 saturated carbocycles. The number of nitrogens with two attached hydrogens (primary N) is 5. The number of aromatic nitrogens is 22. The van der Waals surface area contributed by atoms with E-state index in [1.54, 1.807) is 11.5 Å². The van der Waals surface area contributed by atoms with Gasteiger partial charge in [-0.2, -0.15) is 15.0 Å². The molecular weight excluding hydrogens is 2230 g/mol. The lowest BCUT2D eigenvalue weighted by Crippen LogP contribution is -2.34. The van der Waals surface area contributed by atoms with Gasteiger partial charge in [-0.25, -0.2) is 54.3 Å². The Morgan fingerprint density at radius 1 is 0.365 bits per heavy atom. The number of hydrogen-bond donors (Lipinski definition) is 9. The normalized spacial score (nSPS) is 29.3. The van der Waals surface area contributed by atoms with Crippen molar-refractivity contribution < 1.29 is 135 Å². The second-order valence-corrected chi connectivity index (χ2v) is 51.9. The Bertz CT molecular complexity index is 7740. The van der Waals surface area contributed by atoms with Crippen molar-refractivity contribution in [2.75, 3.05) is 75.4 Å². The number of H-pyrrole nitrogens is 4. The smallest absolute Gasteiger partial charge is 0.351 e. The lowest BCUT2D eigenvalue weighted by molar-refractivity contribution is -0.230. The van der Waals surface area contributed by atoms with Gasteiger partial charge in [0.1, 0.15) is 143 Å². The van der Waals surface area contributed by atoms with Crippen molar-refractivity contribution in [2.24, 2.45) is 0 Å². The molecule has 0 radical (unpaired) electrons. The molecule has 0 aliphatic carbocycles. The number of nitrogens with zero attached hydrogens (tertiary/aromatic N) is 18. The van der Waals surface area contributed by atoms with Crippen LogP contribution in [0.15, 0.2) is 90.1 Å². The van der Waals surface area contributed by atoms with Gasteiger partial charge in [-0.3, -0.25) is 80.2 Å². The molecular formula is C72H87N27O36P7S6-7. The first-order chi connectivity index (χ1) is 69.9. The summed E-state index contributed by atoms with van der Waals surface area (Å²) >= 11 is 33.0. The Hall–Kier alpha value is -7.98. The number of ether oxygens (including phenoxy) is 7. The SMILES string of the molecule is CC[C@H]1O[C@@H](n2cnc3c(N)ncnc32)CC1OP([O-])(=S)OC[C@H]1O[C@@H](n2cnc3c(=O)[nH]c(N)nc32)CC1OP(=O)([S-])OC[C@H]1O[C@@H](n2cc(C)c(=O)[nH]c2=O)CC1OP([O-])(=S)OC[C@H]1O[C@@H](n2cc(C)c(=O)[nH]c2=O)CC1OP([O-])(=S)OC[C@H]1O[C@@H](n2cnc3c(=O)[nH]c(N)nc32)CC1OP([O-])(=S)OC[C@H]1O[C@@H](n2cc(C)c(N)nc2=O)CC1OP([O-])(=S)OC[C@H]1O[C@@H](n2cnc3c(N)ncnc32)CC1OP(=O)([O-])OC. The number of aromatic amines is 4. The van der Waals surface area contributed by atoms with Crippen LogP contribution in [0.25, 0.3) is 44.7 Å². The maximum atomic E-state index is 15.0. The van der Waals surface area contributed by atoms with E-state index in [-0.39, 0.29) is 93.2 Å². The Morgan fingerprint density at radius 3 is 1.00 bits per heavy atom. The van der Waals surface area contributed by atoms with Gasteiger partial charge in [0.2, 0.25) is 11.9 Å². The molecule has 7 aliphatic rings. The molecule has 0 bridgehead atoms. The molecule has 18 rings (SSSR count). The summed E-state index contributed by atoms with van der Waals surface area (Å²) in [7, 11) is -4.18. The molecule has 7 saturated heterocycles. The van der Waals surface area contributed by atoms with Crippen molar-refractivity contribution in [3.63, 3.8) is 0 Å². The highest BCUT2D eigenvalue weighted by Crippen LogP contribution is 2.57. The summed E-state index contributed by atoms with van der Waals surface area (Å²) in [4.78, 5) is 233. The van der Waals surface area contributed by atoms with Crippen LogP contribution in [-0.2, 0) is 177 Å². The van der Waals surface area contributed by atoms with Gasteiger partial charge in [0.15, 0.2) is 52.1 Å². The average Bonchev–Trinajstić information content (AvgIpc) is 1.63. The molecule has 76 heteroatoms. The van der Waals surface area contributed by atoms with Crippen molar-refractivity contribution in [3.05, 3.63) is 146 Å². The van der Waals surface area contributed by atoms with Crippen LogP contribution in [-0.4, -0.2) is 239 Å². The summed E-state index contributed by atoms with van der Waals surface area (Å²) in [6.07, 6.45) is -19.9. The molecule has 7 fully saturated rings. The fourth-order valence-electron chi connectivity index (χ4n) is 17.4. The van der Waals surface area contributed by atoms with Crippen molar-refractivity contribution in [3.8, 4) is 0 Å². The number of fused-ring (bicyclic) bond motifs is 4. The topological polar surface area (TPSA) is 855 Å². The highest BCUT2D eigenvalue weighted by atomic mass is 32.7. The number of aryl methyl sites for hydroxylation is 3. The van der Waals surface area contributed by atoms with Crippen LogP contribution in [0.4, 0.5) is 29.4 Å². The van der Waals surface area contributed by atoms with Crippen molar-refractivity contribution in [1.82, 2.24) is 107 Å². The zero-order chi connectivity index (χ0) is 106. The monoisotopic (exact) mass is 2310 g/mol. The summed E-state index contributed by atoms with van der Waals surface area (Å²) in [5, 5.41) is 0. The minimum Gasteiger partial charge on any atom is -0.780 e. The number of phosphoric ester groups is 1. The number of anilines is 5. The molecule has 148 heavy (non-hydrogen) atoms. The first-order valence-corrected chi connectivity index (χ1v) is 61.0. The lowest BCUT2D eigenvalue weighted by Gasteiger charge is -2.36. The third-order valence-corrected chi connectivity index (χ3v) is 34.8. The standard InChI is InChI=1S/C72H94N27O36P7S6/c1-6-32-33(7-49(122-32)96-25-82-53-58(74)78-23-80-60(53)96)130-137(109,143)117-21-44-38(12-51(127-44)98-27-84-55-62(98)87-68(76)89-66(55)102)134-142(114,148)120-20-43-36(10-47(125-43)94-15-30(3)64(100)91-71(94)105)132-139(111,145)118-19-42-37(11-48(124-42)95-16-31(4)65(101)92-72(95)106)133-140(112,146)121-22-45-39(13-52(128-45)99-28-85-56-63(99)88-69(77)90-67(56)103)135-141(113,147)119-18-41-35(9-46(123-41)93-14-29(2)57(73)86-70(93)104)131-138(110,144)116-17-40-34(129-136(107,108)115-5)8-50(126-40)97-26-83-54-59(75)79-24-81-61(54)97/h14-16,23-28,32-52H,6-13,17-22H2,1-5H3,(H,107,108)(H,109,143)(H,110,144)(H,111,145)(H,112,146)(H,113,147)(H,114,148)(H2,73,86,104)(H2,74,78,80)(H2,75,79,81)(H,91,100,105)(H,92,101,106)(H3,76,87,89,102)(H3,77,88,90,103)/p-7/t32-,33?,34?,35?,36?,37?,38?,39?,40-,41-,42-,43-,44-,45-,46-,47-,48-,49-,50-,51-,52-,137?,138?,139?,140?,141?,142?/m1/s1. The minimum atomic E-state index is -5.10. The van der Waals surface area contributed by atoms with Crippen molar-refractivity contribution in [1.29, 1.82) is 0 Å². The van der Waals surface area contributed by atoms with E-state index in [0.717, 1.165) is 45.9 Å². The molecule has 7 aliphatic heterocycles. The van der Waals surface area contributed by atoms with Crippen LogP contribution in [0.1, 0.15) is 119 Å². The maximum Gasteiger partial charge on any atom is 0.351 e. The quantitative estimate of drug-likeness (QED) is 0.0137. The predicted octanol–water partition coefficient (Wildman–Crippen LogP) is -2.96. The molecule has 11 aromatic rings. The molecule has 14 unspecified atom stereocenters. The van der Waals surface area contributed by atoms with Crippen LogP contribution in [0.5, 0.6) is 0 Å². The largest absolute Gasteiger partial charge is 0.780 e. The summed E-state index contributed by atoms with van der Waals surface area (Å²) in [6, 6.07) is 0. The van der Waals surface area contributed by atoms with Gasteiger partial charge in [-0.1, -0.05) is 66.0 Å². The molecule has 63 nitrogen and oxygen atoms in total. The van der Waals surface area contributed by atoms with E-state index in [2.05, 4.69) is 79.3 Å². The van der Waals surface area contributed by atoms with Crippen LogP contribution in [0, 0.1) is 20.8 Å². The highest BCUT2D eigenvalue weighted by molar-refractivity contribution is 8.32. The van der Waals surface area contributed by atoms with Crippen molar-refractivity contribution >= 4 is 194 Å². The van der Waals surface area contributed by atoms with Gasteiger partial charge < -0.3 is 167 Å². The van der Waals surface area contributed by atoms with Crippen LogP contribution in [0.3, 0.4) is 0 Å². The molecule has 804 valence electrons. The number of nitrogens with one attached hydrogen (secondary N) is 4. The predicted molar refractivity (Wildman–Crippen MR) is 515 cm³/mol. The van der Waals surface area contributed by atoms with E-state index < -0.39 is 282 Å². The first kappa shape index (κ1) is 110. The third kappa shape index (κ3) is 24.7. The number of hydrogen-bond acceptors (Lipinski definition) is 58. The van der Waals surface area contributed by atoms with Gasteiger partial charge >= 0.3 is 17.1 Å². The van der Waals surface area contributed by atoms with Crippen molar-refractivity contribution in [2.45, 2.75) is 208 Å². The van der Waals surface area contributed by atoms with Gasteiger partial charge in [0, 0.05) is 87.3 Å². The summed E-state index contributed by atoms with van der Waals surface area (Å²) < 4.78 is 161. The molecule has 18 heterocycles. The molecule has 0 amide bonds. The molecule has 14 N–H and O–H groups in total. The van der Waals surface area contributed by atoms with Gasteiger partial charge in [0.25, 0.3) is 30.1 Å². The Kier molecular flexibility index (Phi) is 32.4. The van der Waals surface area contributed by atoms with E-state index >= 15 is 4.89 Å². The summed E-state index contributed by atoms with van der Waals surface area (Å²) in [6.45, 7) is -28.8. The fraction of sp³-hybridized carbons (Fsp3) is 0.556. The highest BCUT2D eigenvalue weighted by Gasteiger charge is 2.50. The number of nitrogen functional groups attached to an aromatic ring is 5. The van der Waals surface area contributed by atoms with Gasteiger partial charge in [-0.15, -0.1) is 0 Å². The van der Waals surface area contributed by atoms with Crippen LogP contribution < -0.4 is 97.3 Å². The van der Waals surface area contributed by atoms with Crippen LogP contribution in [0.2, 0.25) is 0 Å². The molecule has 0 spiro atoms. The fourth-order valence-corrected chi connectivity index (χ4v) is 26.8. The Balaban J connectivity index is 0.560. The number of rotatable bonds is 41. The summed E-state index contributed by atoms with van der Waals surface area (Å²) in [5.74, 6) is -0.690. The van der Waals surface area contributed by atoms with E-state index in [1.165, 1.54) is 66.0 Å². The van der Waals surface area contributed by atoms with E-state index in [1.807, 2.05) is 0 Å². The van der Waals surface area contributed by atoms with E-state index in [9.17, 15) is 67.2 Å². The average molecular weight is 2320 g/mol. The summed E-state index contributed by atoms with van der Waals surface area (Å²) in [5.41, 5.74) is 24.5. The third-order valence-electron chi connectivity index (χ3n) is 24.4. The molecule has 28 atom stereocenters. The first-order valence-electron chi connectivity index (χ1n) is 44.2. The Morgan fingerprint density at radius 2 is 0.655 bits per heavy atom. The second kappa shape index (κ2) is 43.8. The minimum absolute atomic E-state index is 0.00592. The Labute approximate surface area is 859 Å². The van der Waals surface area contributed by atoms with Crippen LogP contribution >= 0.6 is 48.2 Å². The second-order valence-electron chi connectivity index (χ2n) is 34.2. The maximum absolute atomic E-state index is 15.0. The number of imidazole rings is 4. The van der Waals surface area contributed by atoms with E-state index in [4.69, 9.17) is 192 Å². The van der Waals surface area contributed by atoms with Gasteiger partial charge in [-0.05, 0) is 27.2 Å². The molecule has 11 aromatic heterocycles. The lowest BCUT2D eigenvalue weighted by atomic mass is 10.1. The van der Waals surface area contributed by atoms with E-state index in [0.29, 0.717) is 23.1 Å². The van der Waals surface area contributed by atoms with Gasteiger partial charge in [0.05, 0.1) is 114 Å². The number of phosphoric acid groups is 1. The zero-order valence-electron chi connectivity index (χ0n) is 76.9. The molecule has 0 aromatic carbocycles.